The van der Waals surface area contributed by atoms with Crippen molar-refractivity contribution < 1.29 is 11.6 Å². The first-order valence-corrected chi connectivity index (χ1v) is 4.48. The predicted octanol–water partition coefficient (Wildman–Crippen LogP) is 1.55. The Balaban J connectivity index is 3.04. The van der Waals surface area contributed by atoms with Crippen molar-refractivity contribution in [3.05, 3.63) is 16.4 Å². The molecule has 0 bridgehead atoms. The first-order valence-electron chi connectivity index (χ1n) is 2.47. The average Bonchev–Trinajstić information content (AvgIpc) is 1.95. The summed E-state index contributed by atoms with van der Waals surface area (Å²) in [5, 5.41) is 1.52. The molecule has 0 aliphatic rings. The lowest BCUT2D eigenvalue weighted by Crippen LogP contribution is -1.87. The Kier molecular flexibility index (Phi) is 2.77. The van der Waals surface area contributed by atoms with E-state index >= 15 is 0 Å². The van der Waals surface area contributed by atoms with E-state index in [-0.39, 0.29) is 0 Å². The number of aromatic nitrogens is 2. The molecule has 0 fully saturated rings. The normalized spacial score (nSPS) is 9.90. The largest absolute Gasteiger partial charge is 0.340 e. The molecule has 1 aromatic rings. The van der Waals surface area contributed by atoms with Crippen molar-refractivity contribution in [1.29, 1.82) is 0 Å². The van der Waals surface area contributed by atoms with Crippen LogP contribution in [-0.2, 0) is 0 Å². The van der Waals surface area contributed by atoms with Crippen LogP contribution < -0.4 is 0 Å². The van der Waals surface area contributed by atoms with Gasteiger partial charge in [0.1, 0.15) is 5.02 Å². The van der Waals surface area contributed by atoms with Gasteiger partial charge in [0, 0.05) is 0 Å². The molecule has 0 unspecified atom stereocenters. The van der Waals surface area contributed by atoms with Gasteiger partial charge in [-0.05, 0) is 6.26 Å². The van der Waals surface area contributed by atoms with Crippen LogP contribution in [0.3, 0.4) is 0 Å². The van der Waals surface area contributed by atoms with Gasteiger partial charge in [-0.2, -0.15) is 4.98 Å². The molecular weight excluding hydrogens is 191 g/mol. The molecular formula is C5H5Cl2N2S+. The summed E-state index contributed by atoms with van der Waals surface area (Å²) < 4.78 is 0. The molecule has 0 spiro atoms. The fourth-order valence-corrected chi connectivity index (χ4v) is 1.06. The zero-order valence-corrected chi connectivity index (χ0v) is 7.56. The molecule has 1 rings (SSSR count). The Morgan fingerprint density at radius 3 is 2.90 bits per heavy atom. The molecule has 5 heteroatoms. The summed E-state index contributed by atoms with van der Waals surface area (Å²) in [6.45, 7) is 0. The number of halogens is 2. The molecule has 54 valence electrons. The summed E-state index contributed by atoms with van der Waals surface area (Å²) >= 11 is 11.9. The third-order valence-corrected chi connectivity index (χ3v) is 2.13. The van der Waals surface area contributed by atoms with Crippen LogP contribution in [0.25, 0.3) is 0 Å². The first kappa shape index (κ1) is 8.11. The molecule has 1 heterocycles. The van der Waals surface area contributed by atoms with E-state index in [0.29, 0.717) is 15.3 Å². The lowest BCUT2D eigenvalue weighted by Gasteiger charge is -1.90. The molecule has 10 heavy (non-hydrogen) atoms. The van der Waals surface area contributed by atoms with Gasteiger partial charge in [0.2, 0.25) is 0 Å². The van der Waals surface area contributed by atoms with Crippen molar-refractivity contribution in [2.75, 3.05) is 6.26 Å². The van der Waals surface area contributed by atoms with Crippen molar-refractivity contribution in [3.63, 3.8) is 0 Å². The van der Waals surface area contributed by atoms with Crippen LogP contribution in [0, 0.1) is 11.6 Å². The Morgan fingerprint density at radius 2 is 2.40 bits per heavy atom. The summed E-state index contributed by atoms with van der Waals surface area (Å²) in [7, 11) is 0. The lowest BCUT2D eigenvalue weighted by molar-refractivity contribution is -0.297. The van der Waals surface area contributed by atoms with Crippen molar-refractivity contribution >= 4 is 23.4 Å². The molecule has 2 nitrogen and oxygen atoms in total. The number of hydrogen-bond donors (Lipinski definition) is 0. The number of thioether (sulfide) groups is 1. The molecule has 0 N–H and O–H groups in total. The average molecular weight is 196 g/mol. The SMILES string of the molecule is CSc1ncc(Cl)c([ClH+])n1. The molecule has 0 aliphatic heterocycles. The highest BCUT2D eigenvalue weighted by Gasteiger charge is 2.07. The van der Waals surface area contributed by atoms with Crippen LogP contribution in [0.5, 0.6) is 0 Å². The molecule has 0 aromatic carbocycles. The van der Waals surface area contributed by atoms with Crippen molar-refractivity contribution in [2.24, 2.45) is 0 Å². The van der Waals surface area contributed by atoms with Crippen LogP contribution in [0.4, 0.5) is 0 Å². The van der Waals surface area contributed by atoms with Gasteiger partial charge < -0.3 is 0 Å². The fraction of sp³-hybridized carbons (Fsp3) is 0.200. The second-order valence-electron chi connectivity index (χ2n) is 1.51. The first-order chi connectivity index (χ1) is 4.74. The minimum absolute atomic E-state index is 0.418. The van der Waals surface area contributed by atoms with Gasteiger partial charge in [0.15, 0.2) is 16.8 Å². The Labute approximate surface area is 73.0 Å². The molecule has 0 saturated carbocycles. The standard InChI is InChI=1S/C5H5Cl2N2S/c1-10-5-8-2-3(6)4(7)9-5/h2,7H,1H3/q+1. The second-order valence-corrected chi connectivity index (χ2v) is 3.08. The van der Waals surface area contributed by atoms with Gasteiger partial charge in [0.25, 0.3) is 0 Å². The van der Waals surface area contributed by atoms with E-state index < -0.39 is 0 Å². The predicted molar refractivity (Wildman–Crippen MR) is 39.4 cm³/mol. The maximum atomic E-state index is 5.60. The zero-order valence-electron chi connectivity index (χ0n) is 5.17. The van der Waals surface area contributed by atoms with Crippen LogP contribution >= 0.6 is 23.4 Å². The molecule has 0 atom stereocenters. The van der Waals surface area contributed by atoms with E-state index in [9.17, 15) is 0 Å². The maximum Gasteiger partial charge on any atom is 0.340 e. The molecule has 0 saturated heterocycles. The van der Waals surface area contributed by atoms with Crippen LogP contribution in [-0.4, -0.2) is 16.2 Å². The summed E-state index contributed by atoms with van der Waals surface area (Å²) in [4.78, 5) is 7.84. The topological polar surface area (TPSA) is 25.8 Å². The highest BCUT2D eigenvalue weighted by atomic mass is 35.5. The lowest BCUT2D eigenvalue weighted by atomic mass is 10.7. The quantitative estimate of drug-likeness (QED) is 0.387. The van der Waals surface area contributed by atoms with Gasteiger partial charge >= 0.3 is 5.15 Å². The number of hydrogen-bond acceptors (Lipinski definition) is 3. The monoisotopic (exact) mass is 195 g/mol. The number of rotatable bonds is 1. The van der Waals surface area contributed by atoms with E-state index in [2.05, 4.69) is 9.97 Å². The van der Waals surface area contributed by atoms with Gasteiger partial charge in [-0.25, -0.2) is 4.98 Å². The maximum absolute atomic E-state index is 5.60. The van der Waals surface area contributed by atoms with E-state index in [0.717, 1.165) is 0 Å². The molecule has 1 aromatic heterocycles. The Bertz CT molecular complexity index is 241. The van der Waals surface area contributed by atoms with E-state index in [1.54, 1.807) is 0 Å². The van der Waals surface area contributed by atoms with Crippen LogP contribution in [0.1, 0.15) is 0 Å². The highest BCUT2D eigenvalue weighted by molar-refractivity contribution is 7.98. The molecule has 0 radical (unpaired) electrons. The molecule has 0 aliphatic carbocycles. The zero-order chi connectivity index (χ0) is 7.56. The second kappa shape index (κ2) is 3.42. The van der Waals surface area contributed by atoms with Gasteiger partial charge in [0.05, 0.1) is 6.20 Å². The highest BCUT2D eigenvalue weighted by Crippen LogP contribution is 2.15. The minimum Gasteiger partial charge on any atom is -0.229 e. The van der Waals surface area contributed by atoms with E-state index in [1.807, 2.05) is 6.26 Å². The summed E-state index contributed by atoms with van der Waals surface area (Å²) in [6.07, 6.45) is 3.40. The van der Waals surface area contributed by atoms with E-state index in [1.165, 1.54) is 18.0 Å². The van der Waals surface area contributed by atoms with Gasteiger partial charge in [-0.1, -0.05) is 23.4 Å². The smallest absolute Gasteiger partial charge is 0.229 e. The third-order valence-electron chi connectivity index (χ3n) is 0.872. The summed E-state index contributed by atoms with van der Waals surface area (Å²) in [5.41, 5.74) is 0. The van der Waals surface area contributed by atoms with Crippen LogP contribution in [0.2, 0.25) is 10.2 Å². The Hall–Kier alpha value is 0.01000. The van der Waals surface area contributed by atoms with E-state index in [4.69, 9.17) is 23.2 Å². The molecule has 0 amide bonds. The Morgan fingerprint density at radius 1 is 1.70 bits per heavy atom. The van der Waals surface area contributed by atoms with Crippen molar-refractivity contribution in [3.8, 4) is 0 Å². The van der Waals surface area contributed by atoms with Crippen LogP contribution in [0.15, 0.2) is 11.4 Å². The fourth-order valence-electron chi connectivity index (χ4n) is 0.435. The van der Waals surface area contributed by atoms with Gasteiger partial charge in [-0.15, -0.1) is 0 Å². The van der Waals surface area contributed by atoms with Gasteiger partial charge in [-0.3, -0.25) is 0 Å². The summed E-state index contributed by atoms with van der Waals surface area (Å²) in [6, 6.07) is 0. The van der Waals surface area contributed by atoms with Crippen molar-refractivity contribution in [1.82, 2.24) is 9.97 Å². The minimum atomic E-state index is 0.418. The summed E-state index contributed by atoms with van der Waals surface area (Å²) in [5.74, 6) is 0. The van der Waals surface area contributed by atoms with Crippen molar-refractivity contribution in [2.45, 2.75) is 5.16 Å². The number of nitrogens with zero attached hydrogens (tertiary/aromatic N) is 2. The third kappa shape index (κ3) is 1.75.